The fourth-order valence-electron chi connectivity index (χ4n) is 2.58. The number of hydrogen-bond donors (Lipinski definition) is 0. The van der Waals surface area contributed by atoms with Gasteiger partial charge in [-0.3, -0.25) is 0 Å². The number of fused-ring (bicyclic) bond motifs is 1. The number of methoxy groups -OCH3 is 1. The van der Waals surface area contributed by atoms with E-state index in [2.05, 4.69) is 0 Å². The highest BCUT2D eigenvalue weighted by atomic mass is 16.6. The minimum atomic E-state index is -0.863. The molecule has 0 spiro atoms. The SMILES string of the molecule is COc1ccc2oc(C)c(C(=O)O[C@H]3C[C@@H](C)OC3=O)c2c1. The molecule has 22 heavy (non-hydrogen) atoms. The van der Waals surface area contributed by atoms with Crippen molar-refractivity contribution in [2.24, 2.45) is 0 Å². The summed E-state index contributed by atoms with van der Waals surface area (Å²) < 4.78 is 21.0. The van der Waals surface area contributed by atoms with E-state index in [-0.39, 0.29) is 6.10 Å². The molecule has 1 aliphatic rings. The second-order valence-corrected chi connectivity index (χ2v) is 5.27. The van der Waals surface area contributed by atoms with E-state index in [1.54, 1.807) is 39.2 Å². The van der Waals surface area contributed by atoms with E-state index in [1.807, 2.05) is 0 Å². The maximum Gasteiger partial charge on any atom is 0.347 e. The van der Waals surface area contributed by atoms with E-state index in [9.17, 15) is 9.59 Å². The molecule has 6 nitrogen and oxygen atoms in total. The van der Waals surface area contributed by atoms with Crippen LogP contribution in [0.25, 0.3) is 11.0 Å². The van der Waals surface area contributed by atoms with Gasteiger partial charge in [0.05, 0.1) is 7.11 Å². The van der Waals surface area contributed by atoms with Gasteiger partial charge in [-0.05, 0) is 32.0 Å². The van der Waals surface area contributed by atoms with Crippen LogP contribution in [0.1, 0.15) is 29.5 Å². The Hall–Kier alpha value is -2.50. The molecule has 0 radical (unpaired) electrons. The first-order chi connectivity index (χ1) is 10.5. The summed E-state index contributed by atoms with van der Waals surface area (Å²) in [6.07, 6.45) is -0.743. The van der Waals surface area contributed by atoms with Gasteiger partial charge in [-0.25, -0.2) is 9.59 Å². The monoisotopic (exact) mass is 304 g/mol. The zero-order valence-electron chi connectivity index (χ0n) is 12.5. The van der Waals surface area contributed by atoms with E-state index in [1.165, 1.54) is 0 Å². The Morgan fingerprint density at radius 1 is 1.36 bits per heavy atom. The van der Waals surface area contributed by atoms with Crippen LogP contribution in [0.5, 0.6) is 5.75 Å². The molecule has 2 heterocycles. The first-order valence-corrected chi connectivity index (χ1v) is 6.98. The van der Waals surface area contributed by atoms with E-state index >= 15 is 0 Å². The number of esters is 2. The molecular weight excluding hydrogens is 288 g/mol. The third kappa shape index (κ3) is 2.41. The molecule has 2 atom stereocenters. The average Bonchev–Trinajstić information content (AvgIpc) is 2.96. The van der Waals surface area contributed by atoms with Crippen LogP contribution in [0.2, 0.25) is 0 Å². The smallest absolute Gasteiger partial charge is 0.347 e. The van der Waals surface area contributed by atoms with Crippen LogP contribution in [-0.4, -0.2) is 31.3 Å². The summed E-state index contributed by atoms with van der Waals surface area (Å²) in [6.45, 7) is 3.44. The van der Waals surface area contributed by atoms with Gasteiger partial charge in [-0.2, -0.15) is 0 Å². The van der Waals surface area contributed by atoms with Gasteiger partial charge in [0.25, 0.3) is 0 Å². The third-order valence-corrected chi connectivity index (χ3v) is 3.65. The van der Waals surface area contributed by atoms with Crippen molar-refractivity contribution in [3.05, 3.63) is 29.5 Å². The number of benzene rings is 1. The van der Waals surface area contributed by atoms with Gasteiger partial charge in [0.2, 0.25) is 6.10 Å². The predicted molar refractivity (Wildman–Crippen MR) is 76.9 cm³/mol. The number of carbonyl (C=O) groups excluding carboxylic acids is 2. The Kier molecular flexibility index (Phi) is 3.52. The van der Waals surface area contributed by atoms with Gasteiger partial charge >= 0.3 is 11.9 Å². The first-order valence-electron chi connectivity index (χ1n) is 6.98. The molecule has 0 unspecified atom stereocenters. The summed E-state index contributed by atoms with van der Waals surface area (Å²) in [5.74, 6) is -0.0617. The summed E-state index contributed by atoms with van der Waals surface area (Å²) in [5.41, 5.74) is 0.869. The van der Waals surface area contributed by atoms with Crippen LogP contribution in [0.4, 0.5) is 0 Å². The van der Waals surface area contributed by atoms with Crippen molar-refractivity contribution < 1.29 is 28.2 Å². The second-order valence-electron chi connectivity index (χ2n) is 5.27. The molecule has 2 aromatic rings. The molecule has 3 rings (SSSR count). The fourth-order valence-corrected chi connectivity index (χ4v) is 2.58. The summed E-state index contributed by atoms with van der Waals surface area (Å²) in [7, 11) is 1.54. The topological polar surface area (TPSA) is 75.0 Å². The van der Waals surface area contributed by atoms with Gasteiger partial charge in [-0.1, -0.05) is 0 Å². The molecule has 116 valence electrons. The van der Waals surface area contributed by atoms with E-state index in [0.29, 0.717) is 34.5 Å². The second kappa shape index (κ2) is 5.36. The number of hydrogen-bond acceptors (Lipinski definition) is 6. The average molecular weight is 304 g/mol. The van der Waals surface area contributed by atoms with Gasteiger partial charge in [-0.15, -0.1) is 0 Å². The fraction of sp³-hybridized carbons (Fsp3) is 0.375. The van der Waals surface area contributed by atoms with Crippen LogP contribution < -0.4 is 4.74 Å². The lowest BCUT2D eigenvalue weighted by molar-refractivity contribution is -0.147. The predicted octanol–water partition coefficient (Wildman–Crippen LogP) is 2.61. The Balaban J connectivity index is 1.93. The van der Waals surface area contributed by atoms with Crippen molar-refractivity contribution in [2.75, 3.05) is 7.11 Å². The molecule has 1 aliphatic heterocycles. The van der Waals surface area contributed by atoms with E-state index < -0.39 is 18.0 Å². The Bertz CT molecular complexity index is 744. The minimum Gasteiger partial charge on any atom is -0.497 e. The lowest BCUT2D eigenvalue weighted by Crippen LogP contribution is -2.22. The molecule has 0 aliphatic carbocycles. The Labute approximate surface area is 126 Å². The number of furan rings is 1. The molecule has 6 heteroatoms. The lowest BCUT2D eigenvalue weighted by Gasteiger charge is -2.08. The molecule has 1 saturated heterocycles. The van der Waals surface area contributed by atoms with Crippen LogP contribution in [0, 0.1) is 6.92 Å². The number of aryl methyl sites for hydroxylation is 1. The molecule has 1 aromatic carbocycles. The molecule has 0 amide bonds. The molecule has 1 aromatic heterocycles. The van der Waals surface area contributed by atoms with Crippen LogP contribution >= 0.6 is 0 Å². The van der Waals surface area contributed by atoms with Crippen LogP contribution in [-0.2, 0) is 14.3 Å². The van der Waals surface area contributed by atoms with Crippen LogP contribution in [0.15, 0.2) is 22.6 Å². The van der Waals surface area contributed by atoms with Gasteiger partial charge in [0.1, 0.15) is 28.8 Å². The third-order valence-electron chi connectivity index (χ3n) is 3.65. The van der Waals surface area contributed by atoms with Crippen molar-refractivity contribution in [3.63, 3.8) is 0 Å². The summed E-state index contributed by atoms with van der Waals surface area (Å²) in [6, 6.07) is 5.18. The summed E-state index contributed by atoms with van der Waals surface area (Å²) in [4.78, 5) is 24.0. The standard InChI is InChI=1S/C16H16O6/c1-8-6-13(15(17)20-8)22-16(18)14-9(2)21-12-5-4-10(19-3)7-11(12)14/h4-5,7-8,13H,6H2,1-3H3/t8-,13+/m1/s1. The van der Waals surface area contributed by atoms with Crippen molar-refractivity contribution in [3.8, 4) is 5.75 Å². The summed E-state index contributed by atoms with van der Waals surface area (Å²) >= 11 is 0. The zero-order valence-corrected chi connectivity index (χ0v) is 12.5. The number of cyclic esters (lactones) is 1. The number of carbonyl (C=O) groups is 2. The molecule has 0 N–H and O–H groups in total. The quantitative estimate of drug-likeness (QED) is 0.811. The molecule has 0 saturated carbocycles. The van der Waals surface area contributed by atoms with Crippen molar-refractivity contribution >= 4 is 22.9 Å². The molecule has 0 bridgehead atoms. The highest BCUT2D eigenvalue weighted by molar-refractivity contribution is 6.05. The zero-order chi connectivity index (χ0) is 15.9. The van der Waals surface area contributed by atoms with Crippen molar-refractivity contribution in [1.29, 1.82) is 0 Å². The molecule has 1 fully saturated rings. The van der Waals surface area contributed by atoms with Crippen LogP contribution in [0.3, 0.4) is 0 Å². The normalized spacial score (nSPS) is 21.0. The van der Waals surface area contributed by atoms with Gasteiger partial charge in [0, 0.05) is 11.8 Å². The highest BCUT2D eigenvalue weighted by Gasteiger charge is 2.36. The Morgan fingerprint density at radius 2 is 2.14 bits per heavy atom. The molecular formula is C16H16O6. The largest absolute Gasteiger partial charge is 0.497 e. The maximum absolute atomic E-state index is 12.4. The van der Waals surface area contributed by atoms with Gasteiger partial charge < -0.3 is 18.6 Å². The van der Waals surface area contributed by atoms with E-state index in [0.717, 1.165) is 0 Å². The highest BCUT2D eigenvalue weighted by Crippen LogP contribution is 2.30. The van der Waals surface area contributed by atoms with Gasteiger partial charge in [0.15, 0.2) is 0 Å². The maximum atomic E-state index is 12.4. The Morgan fingerprint density at radius 3 is 2.77 bits per heavy atom. The summed E-state index contributed by atoms with van der Waals surface area (Å²) in [5, 5.41) is 0.598. The number of rotatable bonds is 3. The number of ether oxygens (including phenoxy) is 3. The van der Waals surface area contributed by atoms with Crippen molar-refractivity contribution in [1.82, 2.24) is 0 Å². The first kappa shape index (κ1) is 14.4. The van der Waals surface area contributed by atoms with Crippen molar-refractivity contribution in [2.45, 2.75) is 32.5 Å². The lowest BCUT2D eigenvalue weighted by atomic mass is 10.1. The van der Waals surface area contributed by atoms with E-state index in [4.69, 9.17) is 18.6 Å². The minimum absolute atomic E-state index is 0.243.